The Hall–Kier alpha value is -1.74. The van der Waals surface area contributed by atoms with Crippen LogP contribution in [-0.4, -0.2) is 51.2 Å². The van der Waals surface area contributed by atoms with Crippen molar-refractivity contribution in [1.29, 1.82) is 0 Å². The van der Waals surface area contributed by atoms with Crippen LogP contribution in [0, 0.1) is 28.1 Å². The Morgan fingerprint density at radius 1 is 1.06 bits per heavy atom. The van der Waals surface area contributed by atoms with Crippen molar-refractivity contribution in [2.75, 3.05) is 0 Å². The van der Waals surface area contributed by atoms with Gasteiger partial charge in [-0.3, -0.25) is 4.79 Å². The Kier molecular flexibility index (Phi) is 3.78. The number of furan rings is 1. The Morgan fingerprint density at radius 3 is 2.39 bits per heavy atom. The third-order valence-corrected chi connectivity index (χ3v) is 10.4. The maximum atomic E-state index is 14.1. The molecule has 1 aromatic heterocycles. The zero-order chi connectivity index (χ0) is 24.0. The summed E-state index contributed by atoms with van der Waals surface area (Å²) in [5, 5.41) is 23.3. The quantitative estimate of drug-likeness (QED) is 0.485. The van der Waals surface area contributed by atoms with E-state index >= 15 is 0 Å². The molecule has 5 fully saturated rings. The van der Waals surface area contributed by atoms with Crippen LogP contribution in [0.2, 0.25) is 0 Å². The minimum Gasteiger partial charge on any atom is -0.472 e. The van der Waals surface area contributed by atoms with Crippen LogP contribution in [0.5, 0.6) is 0 Å². The second kappa shape index (κ2) is 5.73. The number of hydrogen-bond donors (Lipinski definition) is 2. The van der Waals surface area contributed by atoms with Gasteiger partial charge in [0.1, 0.15) is 17.5 Å². The van der Waals surface area contributed by atoms with E-state index in [1.165, 1.54) is 12.5 Å². The number of Topliss-reactive ketones (excluding diaryl/α,β-unsaturated/α-hetero) is 1. The monoisotopic (exact) mass is 460 g/mol. The van der Waals surface area contributed by atoms with Crippen molar-refractivity contribution >= 4 is 11.8 Å². The van der Waals surface area contributed by atoms with Crippen LogP contribution in [0.1, 0.15) is 66.1 Å². The summed E-state index contributed by atoms with van der Waals surface area (Å²) in [5.41, 5.74) is -4.31. The summed E-state index contributed by atoms with van der Waals surface area (Å²) in [6.07, 6.45) is 0.855. The number of esters is 1. The number of fused-ring (bicyclic) bond motifs is 3. The zero-order valence-corrected chi connectivity index (χ0v) is 19.9. The van der Waals surface area contributed by atoms with Crippen LogP contribution in [0.4, 0.5) is 0 Å². The van der Waals surface area contributed by atoms with Crippen LogP contribution < -0.4 is 0 Å². The van der Waals surface area contributed by atoms with Crippen LogP contribution in [0.3, 0.4) is 0 Å². The van der Waals surface area contributed by atoms with Gasteiger partial charge in [-0.2, -0.15) is 0 Å². The number of ketones is 1. The first-order chi connectivity index (χ1) is 15.2. The number of epoxide rings is 1. The SMILES string of the molecule is CC1(C)OC(C)(O)C2(C)C1CC(=O)C1(C)C2C(O)CC2(C)C(c3ccoc3)OC(=O)C3OC321. The molecule has 0 amide bonds. The second-order valence-corrected chi connectivity index (χ2v) is 12.1. The van der Waals surface area contributed by atoms with E-state index in [-0.39, 0.29) is 24.5 Å². The first kappa shape index (κ1) is 21.8. The summed E-state index contributed by atoms with van der Waals surface area (Å²) < 4.78 is 23.5. The van der Waals surface area contributed by atoms with Gasteiger partial charge in [-0.05, 0) is 40.2 Å². The molecule has 0 aromatic carbocycles. The number of rotatable bonds is 1. The highest BCUT2D eigenvalue weighted by Crippen LogP contribution is 2.80. The summed E-state index contributed by atoms with van der Waals surface area (Å²) in [5.74, 6) is -3.15. The Morgan fingerprint density at radius 2 is 1.76 bits per heavy atom. The summed E-state index contributed by atoms with van der Waals surface area (Å²) in [7, 11) is 0. The van der Waals surface area contributed by atoms with Crippen molar-refractivity contribution < 1.29 is 38.4 Å². The van der Waals surface area contributed by atoms with Crippen molar-refractivity contribution in [2.24, 2.45) is 28.1 Å². The largest absolute Gasteiger partial charge is 0.472 e. The molecule has 0 bridgehead atoms. The summed E-state index contributed by atoms with van der Waals surface area (Å²) in [6.45, 7) is 11.0. The Balaban J connectivity index is 1.58. The molecule has 5 aliphatic rings. The molecule has 1 aromatic rings. The number of carbonyl (C=O) groups is 2. The fourth-order valence-corrected chi connectivity index (χ4v) is 9.06. The van der Waals surface area contributed by atoms with Gasteiger partial charge in [-0.1, -0.05) is 13.8 Å². The smallest absolute Gasteiger partial charge is 0.339 e. The molecule has 3 saturated heterocycles. The lowest BCUT2D eigenvalue weighted by Gasteiger charge is -2.66. The molecule has 3 aliphatic heterocycles. The lowest BCUT2D eigenvalue weighted by Crippen LogP contribution is -2.75. The number of ether oxygens (including phenoxy) is 3. The van der Waals surface area contributed by atoms with Crippen LogP contribution in [0.15, 0.2) is 23.0 Å². The highest BCUT2D eigenvalue weighted by Gasteiger charge is 2.91. The Bertz CT molecular complexity index is 1060. The summed E-state index contributed by atoms with van der Waals surface area (Å²) in [4.78, 5) is 27.2. The topological polar surface area (TPSA) is 119 Å². The molecule has 180 valence electrons. The van der Waals surface area contributed by atoms with E-state index < -0.39 is 63.4 Å². The lowest BCUT2D eigenvalue weighted by molar-refractivity contribution is -0.289. The maximum absolute atomic E-state index is 14.1. The van der Waals surface area contributed by atoms with Gasteiger partial charge in [-0.25, -0.2) is 4.79 Å². The van der Waals surface area contributed by atoms with E-state index in [0.29, 0.717) is 5.56 Å². The van der Waals surface area contributed by atoms with Gasteiger partial charge in [0.25, 0.3) is 0 Å². The van der Waals surface area contributed by atoms with Gasteiger partial charge < -0.3 is 28.8 Å². The van der Waals surface area contributed by atoms with Gasteiger partial charge in [0.05, 0.1) is 29.6 Å². The molecule has 2 aliphatic carbocycles. The van der Waals surface area contributed by atoms with E-state index in [9.17, 15) is 19.8 Å². The maximum Gasteiger partial charge on any atom is 0.339 e. The standard InChI is InChI=1S/C25H32O8/c1-20(2)14-9-15(27)23(5)16(22(14,4)24(6,29)33-20)13(26)10-21(3)17(12-7-8-30-11-12)31-19(28)18-25(21,23)32-18/h7-8,11,13-14,16-18,26,29H,9-10H2,1-6H3. The fraction of sp³-hybridized carbons (Fsp3) is 0.760. The molecule has 2 N–H and O–H groups in total. The predicted molar refractivity (Wildman–Crippen MR) is 112 cm³/mol. The molecule has 8 heteroatoms. The van der Waals surface area contributed by atoms with Crippen molar-refractivity contribution in [3.8, 4) is 0 Å². The number of hydrogen-bond acceptors (Lipinski definition) is 8. The van der Waals surface area contributed by atoms with Gasteiger partial charge >= 0.3 is 5.97 Å². The van der Waals surface area contributed by atoms with E-state index in [1.807, 2.05) is 34.6 Å². The molecule has 1 spiro atoms. The predicted octanol–water partition coefficient (Wildman–Crippen LogP) is 2.52. The van der Waals surface area contributed by atoms with Crippen molar-refractivity contribution in [1.82, 2.24) is 0 Å². The Labute approximate surface area is 192 Å². The van der Waals surface area contributed by atoms with Crippen molar-refractivity contribution in [2.45, 2.75) is 89.7 Å². The highest BCUT2D eigenvalue weighted by molar-refractivity contribution is 5.93. The van der Waals surface area contributed by atoms with Crippen molar-refractivity contribution in [3.05, 3.63) is 24.2 Å². The summed E-state index contributed by atoms with van der Waals surface area (Å²) >= 11 is 0. The number of aliphatic hydroxyl groups excluding tert-OH is 1. The molecule has 0 radical (unpaired) electrons. The van der Waals surface area contributed by atoms with E-state index in [4.69, 9.17) is 18.6 Å². The van der Waals surface area contributed by atoms with Crippen molar-refractivity contribution in [3.63, 3.8) is 0 Å². The number of cyclic esters (lactones) is 1. The third kappa shape index (κ3) is 2.06. The molecule has 8 nitrogen and oxygen atoms in total. The first-order valence-electron chi connectivity index (χ1n) is 11.7. The second-order valence-electron chi connectivity index (χ2n) is 12.1. The zero-order valence-electron chi connectivity index (χ0n) is 19.9. The van der Waals surface area contributed by atoms with Gasteiger partial charge in [-0.15, -0.1) is 0 Å². The van der Waals surface area contributed by atoms with Crippen LogP contribution >= 0.6 is 0 Å². The molecule has 10 atom stereocenters. The average molecular weight is 461 g/mol. The van der Waals surface area contributed by atoms with Gasteiger partial charge in [0.2, 0.25) is 0 Å². The minimum atomic E-state index is -1.58. The molecule has 4 heterocycles. The minimum absolute atomic E-state index is 0.0718. The van der Waals surface area contributed by atoms with E-state index in [0.717, 1.165) is 0 Å². The molecular weight excluding hydrogens is 428 g/mol. The van der Waals surface area contributed by atoms with Gasteiger partial charge in [0, 0.05) is 34.7 Å². The molecule has 33 heavy (non-hydrogen) atoms. The lowest BCUT2D eigenvalue weighted by atomic mass is 9.36. The fourth-order valence-electron chi connectivity index (χ4n) is 9.06. The highest BCUT2D eigenvalue weighted by atomic mass is 16.7. The summed E-state index contributed by atoms with van der Waals surface area (Å²) in [6, 6.07) is 1.73. The van der Waals surface area contributed by atoms with Crippen LogP contribution in [-0.2, 0) is 23.8 Å². The first-order valence-corrected chi connectivity index (χ1v) is 11.7. The third-order valence-electron chi connectivity index (χ3n) is 10.4. The molecular formula is C25H32O8. The van der Waals surface area contributed by atoms with E-state index in [1.54, 1.807) is 13.0 Å². The average Bonchev–Trinajstić information content (AvgIpc) is 3.23. The molecule has 2 saturated carbocycles. The van der Waals surface area contributed by atoms with E-state index in [2.05, 4.69) is 0 Å². The number of carbonyl (C=O) groups excluding carboxylic acids is 2. The molecule has 10 unspecified atom stereocenters. The van der Waals surface area contributed by atoms with Crippen LogP contribution in [0.25, 0.3) is 0 Å². The molecule has 6 rings (SSSR count). The normalized spacial score (nSPS) is 56.3. The van der Waals surface area contributed by atoms with Gasteiger partial charge in [0.15, 0.2) is 11.9 Å². The number of aliphatic hydroxyl groups is 2.